The van der Waals surface area contributed by atoms with Crippen LogP contribution < -0.4 is 31.7 Å². The van der Waals surface area contributed by atoms with Crippen molar-refractivity contribution in [2.24, 2.45) is 7.05 Å². The molecule has 6 aromatic rings. The first kappa shape index (κ1) is 41.7. The van der Waals surface area contributed by atoms with Gasteiger partial charge in [0.25, 0.3) is 5.91 Å². The molecule has 2 aliphatic heterocycles. The summed E-state index contributed by atoms with van der Waals surface area (Å²) in [5.74, 6) is -0.0271. The number of piperidine rings is 1. The molecule has 15 nitrogen and oxygen atoms in total. The Morgan fingerprint density at radius 1 is 0.952 bits per heavy atom. The van der Waals surface area contributed by atoms with Gasteiger partial charge in [0.1, 0.15) is 22.9 Å². The van der Waals surface area contributed by atoms with Crippen LogP contribution in [0.25, 0.3) is 43.3 Å². The van der Waals surface area contributed by atoms with Gasteiger partial charge in [0.05, 0.1) is 60.5 Å². The molecule has 3 aromatic carbocycles. The molecule has 1 aliphatic carbocycles. The molecule has 1 saturated heterocycles. The topological polar surface area (TPSA) is 187 Å². The molecule has 0 spiro atoms. The number of thiophene rings is 1. The summed E-state index contributed by atoms with van der Waals surface area (Å²) in [5.41, 5.74) is 5.57. The third-order valence-electron chi connectivity index (χ3n) is 12.1. The van der Waals surface area contributed by atoms with Crippen LogP contribution in [0.2, 0.25) is 0 Å². The third-order valence-corrected chi connectivity index (χ3v) is 13.3. The Kier molecular flexibility index (Phi) is 12.1. The second-order valence-corrected chi connectivity index (χ2v) is 17.5. The molecule has 3 aromatic heterocycles. The second kappa shape index (κ2) is 18.0. The third kappa shape index (κ3) is 8.57. The molecule has 2 unspecified atom stereocenters. The number of anilines is 1. The molecule has 1 saturated carbocycles. The van der Waals surface area contributed by atoms with Crippen LogP contribution in [0.15, 0.2) is 71.5 Å². The number of aliphatic hydroxyl groups is 1. The lowest BCUT2D eigenvalue weighted by atomic mass is 9.93. The van der Waals surface area contributed by atoms with E-state index in [-0.39, 0.29) is 55.1 Å². The Balaban J connectivity index is 0.708. The molecule has 0 radical (unpaired) electrons. The lowest BCUT2D eigenvalue weighted by Gasteiger charge is -2.31. The van der Waals surface area contributed by atoms with Crippen molar-refractivity contribution in [3.63, 3.8) is 0 Å². The largest absolute Gasteiger partial charge is 0.490 e. The number of hydrogen-bond acceptors (Lipinski definition) is 12. The fourth-order valence-corrected chi connectivity index (χ4v) is 10.1. The number of aryl methyl sites for hydroxylation is 1. The number of aromatic nitrogens is 3. The molecule has 324 valence electrons. The zero-order valence-electron chi connectivity index (χ0n) is 34.8. The van der Waals surface area contributed by atoms with Gasteiger partial charge in [-0.1, -0.05) is 24.3 Å². The Morgan fingerprint density at radius 3 is 2.61 bits per heavy atom. The maximum atomic E-state index is 13.2. The van der Waals surface area contributed by atoms with Crippen molar-refractivity contribution in [3.8, 4) is 17.0 Å². The van der Waals surface area contributed by atoms with E-state index in [1.54, 1.807) is 11.6 Å². The van der Waals surface area contributed by atoms with E-state index in [0.29, 0.717) is 43.2 Å². The van der Waals surface area contributed by atoms with Gasteiger partial charge in [-0.25, -0.2) is 9.78 Å². The Labute approximate surface area is 361 Å². The number of imide groups is 1. The van der Waals surface area contributed by atoms with Gasteiger partial charge in [0, 0.05) is 53.1 Å². The minimum absolute atomic E-state index is 0.0414. The van der Waals surface area contributed by atoms with Crippen LogP contribution >= 0.6 is 11.3 Å². The Bertz CT molecular complexity index is 2720. The standard InChI is InChI=1S/C46H51N7O8S/c1-26-24-47-41-40-32-13-14-33(50-34(32)15-17-37(40)62-43(41)45(57)48-26)28-6-3-7-31(23-28)61-30-11-9-29(10-12-30)49-39(55)25-60-22-21-59-20-19-27-5-4-8-35-42(27)52(2)46(58)53(35)36-16-18-38(54)51-44(36)56/h3-8,13-15,17,23,26,29-30,36,39,47,49,55H,9-12,16,18-22,24-25H2,1-2H3,(H,48,57)(H,51,54,56)/t26-,29?,30?,36?,39?/m1/s1. The predicted octanol–water partition coefficient (Wildman–Crippen LogP) is 5.17. The number of carbonyl (C=O) groups is 3. The summed E-state index contributed by atoms with van der Waals surface area (Å²) < 4.78 is 22.1. The number of imidazole rings is 1. The molecule has 62 heavy (non-hydrogen) atoms. The van der Waals surface area contributed by atoms with Gasteiger partial charge < -0.3 is 30.0 Å². The number of para-hydroxylation sites is 1. The normalized spacial score (nSPS) is 21.0. The van der Waals surface area contributed by atoms with Gasteiger partial charge in [-0.15, -0.1) is 11.3 Å². The summed E-state index contributed by atoms with van der Waals surface area (Å²) in [5, 5.41) is 24.9. The number of ether oxygens (including phenoxy) is 3. The monoisotopic (exact) mass is 861 g/mol. The zero-order valence-corrected chi connectivity index (χ0v) is 35.6. The van der Waals surface area contributed by atoms with Crippen LogP contribution in [-0.4, -0.2) is 94.3 Å². The highest BCUT2D eigenvalue weighted by molar-refractivity contribution is 7.21. The number of benzene rings is 3. The van der Waals surface area contributed by atoms with Crippen molar-refractivity contribution in [2.45, 2.75) is 82.3 Å². The van der Waals surface area contributed by atoms with Crippen LogP contribution in [-0.2, 0) is 32.5 Å². The first-order valence-electron chi connectivity index (χ1n) is 21.4. The summed E-state index contributed by atoms with van der Waals surface area (Å²) in [4.78, 5) is 56.0. The quantitative estimate of drug-likeness (QED) is 0.0553. The average Bonchev–Trinajstić information content (AvgIpc) is 3.72. The van der Waals surface area contributed by atoms with Crippen LogP contribution in [0.4, 0.5) is 5.69 Å². The molecule has 16 heteroatoms. The fourth-order valence-electron chi connectivity index (χ4n) is 9.02. The molecule has 0 bridgehead atoms. The van der Waals surface area contributed by atoms with Crippen LogP contribution in [0, 0.1) is 0 Å². The van der Waals surface area contributed by atoms with Crippen molar-refractivity contribution >= 4 is 66.8 Å². The van der Waals surface area contributed by atoms with E-state index >= 15 is 0 Å². The van der Waals surface area contributed by atoms with Gasteiger partial charge in [0.15, 0.2) is 0 Å². The molecule has 2 fully saturated rings. The SMILES string of the molecule is C[C@@H]1CNc2c(sc3ccc4nc(-c5cccc(OC6CCC(NC(O)COCCOCCc7cccc8c7n(C)c(=O)n8C7CCC(=O)NC7=O)CC6)c5)ccc4c23)C(=O)N1. The Morgan fingerprint density at radius 2 is 1.77 bits per heavy atom. The average molecular weight is 862 g/mol. The molecular weight excluding hydrogens is 811 g/mol. The molecule has 5 N–H and O–H groups in total. The van der Waals surface area contributed by atoms with Crippen molar-refractivity contribution in [3.05, 3.63) is 87.7 Å². The van der Waals surface area contributed by atoms with Crippen LogP contribution in [0.1, 0.15) is 66.7 Å². The summed E-state index contributed by atoms with van der Waals surface area (Å²) >= 11 is 1.51. The number of rotatable bonds is 14. The highest BCUT2D eigenvalue weighted by Gasteiger charge is 2.32. The summed E-state index contributed by atoms with van der Waals surface area (Å²) in [6, 6.07) is 21.3. The second-order valence-electron chi connectivity index (χ2n) is 16.5. The van der Waals surface area contributed by atoms with E-state index in [4.69, 9.17) is 19.2 Å². The van der Waals surface area contributed by atoms with Crippen LogP contribution in [0.5, 0.6) is 5.75 Å². The lowest BCUT2D eigenvalue weighted by Crippen LogP contribution is -2.44. The number of carbonyl (C=O) groups excluding carboxylic acids is 3. The van der Waals surface area contributed by atoms with Crippen molar-refractivity contribution in [2.75, 3.05) is 38.3 Å². The predicted molar refractivity (Wildman–Crippen MR) is 238 cm³/mol. The highest BCUT2D eigenvalue weighted by Crippen LogP contribution is 2.41. The maximum Gasteiger partial charge on any atom is 0.329 e. The van der Waals surface area contributed by atoms with E-state index < -0.39 is 18.2 Å². The molecule has 3 amide bonds. The molecule has 3 atom stereocenters. The number of amides is 3. The lowest BCUT2D eigenvalue weighted by molar-refractivity contribution is -0.135. The van der Waals surface area contributed by atoms with Crippen LogP contribution in [0.3, 0.4) is 0 Å². The van der Waals surface area contributed by atoms with Gasteiger partial charge >= 0.3 is 5.69 Å². The van der Waals surface area contributed by atoms with Crippen molar-refractivity contribution < 1.29 is 33.7 Å². The zero-order chi connectivity index (χ0) is 42.9. The number of pyridine rings is 1. The fraction of sp³-hybridized carbons (Fsp3) is 0.413. The number of aliphatic hydroxyl groups excluding tert-OH is 1. The minimum atomic E-state index is -0.805. The summed E-state index contributed by atoms with van der Waals surface area (Å²) in [7, 11) is 1.69. The van der Waals surface area contributed by atoms with Crippen molar-refractivity contribution in [1.82, 2.24) is 30.1 Å². The van der Waals surface area contributed by atoms with E-state index in [0.717, 1.165) is 80.4 Å². The highest BCUT2D eigenvalue weighted by atomic mass is 32.1. The Hall–Kier alpha value is -5.65. The van der Waals surface area contributed by atoms with Gasteiger partial charge in [0.2, 0.25) is 11.8 Å². The molecule has 9 rings (SSSR count). The number of fused-ring (bicyclic) bond motifs is 6. The minimum Gasteiger partial charge on any atom is -0.490 e. The molecular formula is C46H51N7O8S. The number of nitrogens with zero attached hydrogens (tertiary/aromatic N) is 3. The van der Waals surface area contributed by atoms with Gasteiger partial charge in [-0.3, -0.25) is 34.2 Å². The maximum absolute atomic E-state index is 13.2. The van der Waals surface area contributed by atoms with E-state index in [1.807, 2.05) is 67.6 Å². The summed E-state index contributed by atoms with van der Waals surface area (Å²) in [6.45, 7) is 3.86. The van der Waals surface area contributed by atoms with Crippen molar-refractivity contribution in [1.29, 1.82) is 0 Å². The first-order valence-corrected chi connectivity index (χ1v) is 22.2. The number of nitrogens with one attached hydrogen (secondary N) is 4. The van der Waals surface area contributed by atoms with E-state index in [1.165, 1.54) is 15.9 Å². The van der Waals surface area contributed by atoms with Gasteiger partial charge in [-0.2, -0.15) is 0 Å². The smallest absolute Gasteiger partial charge is 0.329 e. The molecule has 3 aliphatic rings. The van der Waals surface area contributed by atoms with E-state index in [9.17, 15) is 24.3 Å². The first-order chi connectivity index (χ1) is 30.1. The number of hydrogen-bond donors (Lipinski definition) is 5. The van der Waals surface area contributed by atoms with E-state index in [2.05, 4.69) is 27.3 Å². The van der Waals surface area contributed by atoms with Gasteiger partial charge in [-0.05, 0) is 93.5 Å². The summed E-state index contributed by atoms with van der Waals surface area (Å²) in [6.07, 6.45) is 3.72. The molecule has 5 heterocycles.